The lowest BCUT2D eigenvalue weighted by Crippen LogP contribution is -2.46. The van der Waals surface area contributed by atoms with Crippen molar-refractivity contribution in [2.75, 3.05) is 13.1 Å². The average molecular weight is 415 g/mol. The Bertz CT molecular complexity index is 756. The lowest BCUT2D eigenvalue weighted by Gasteiger charge is -2.32. The summed E-state index contributed by atoms with van der Waals surface area (Å²) in [5.41, 5.74) is 1.85. The molecule has 3 rings (SSSR count). The molecule has 1 aliphatic rings. The van der Waals surface area contributed by atoms with E-state index in [1.165, 1.54) is 5.56 Å². The van der Waals surface area contributed by atoms with Crippen molar-refractivity contribution in [3.05, 3.63) is 70.2 Å². The minimum Gasteiger partial charge on any atom is -0.349 e. The summed E-state index contributed by atoms with van der Waals surface area (Å²) in [7, 11) is 0. The fourth-order valence-corrected chi connectivity index (χ4v) is 3.62. The van der Waals surface area contributed by atoms with E-state index >= 15 is 0 Å². The monoisotopic (exact) mass is 414 g/mol. The number of carbonyl (C=O) groups is 2. The molecule has 2 aromatic rings. The quantitative estimate of drug-likeness (QED) is 0.808. The zero-order valence-electron chi connectivity index (χ0n) is 14.7. The number of carbonyl (C=O) groups excluding carboxylic acids is 2. The molecule has 2 amide bonds. The second-order valence-electron chi connectivity index (χ2n) is 6.62. The van der Waals surface area contributed by atoms with Gasteiger partial charge in [-0.15, -0.1) is 0 Å². The van der Waals surface area contributed by atoms with Gasteiger partial charge in [0.05, 0.1) is 0 Å². The van der Waals surface area contributed by atoms with Crippen LogP contribution in [0.25, 0.3) is 0 Å². The first kappa shape index (κ1) is 18.6. The Morgan fingerprint density at radius 1 is 1.04 bits per heavy atom. The number of piperidine rings is 1. The summed E-state index contributed by atoms with van der Waals surface area (Å²) in [5.74, 6) is 0.144. The van der Waals surface area contributed by atoms with Gasteiger partial charge in [0.1, 0.15) is 0 Å². The summed E-state index contributed by atoms with van der Waals surface area (Å²) in [6, 6.07) is 17.6. The Labute approximate surface area is 162 Å². The van der Waals surface area contributed by atoms with Crippen LogP contribution < -0.4 is 5.32 Å². The molecule has 1 heterocycles. The normalized spacial score (nSPS) is 14.9. The molecule has 1 aliphatic heterocycles. The average Bonchev–Trinajstić information content (AvgIpc) is 2.67. The molecule has 4 nitrogen and oxygen atoms in total. The molecule has 0 bridgehead atoms. The van der Waals surface area contributed by atoms with Gasteiger partial charge in [-0.05, 0) is 43.0 Å². The van der Waals surface area contributed by atoms with Crippen LogP contribution >= 0.6 is 15.9 Å². The lowest BCUT2D eigenvalue weighted by molar-refractivity contribution is -0.132. The molecule has 1 saturated heterocycles. The Kier molecular flexibility index (Phi) is 6.45. The van der Waals surface area contributed by atoms with Crippen LogP contribution in [0.3, 0.4) is 0 Å². The fourth-order valence-electron chi connectivity index (χ4n) is 3.23. The van der Waals surface area contributed by atoms with Crippen molar-refractivity contribution < 1.29 is 9.59 Å². The number of halogens is 1. The maximum Gasteiger partial charge on any atom is 0.251 e. The number of amides is 2. The minimum absolute atomic E-state index is 0.0554. The van der Waals surface area contributed by atoms with Crippen molar-refractivity contribution >= 4 is 27.7 Å². The second kappa shape index (κ2) is 8.99. The van der Waals surface area contributed by atoms with Gasteiger partial charge in [0.2, 0.25) is 5.91 Å². The van der Waals surface area contributed by atoms with Crippen LogP contribution in [-0.4, -0.2) is 35.8 Å². The first-order valence-electron chi connectivity index (χ1n) is 9.00. The van der Waals surface area contributed by atoms with Crippen molar-refractivity contribution in [3.8, 4) is 0 Å². The number of hydrogen-bond donors (Lipinski definition) is 1. The van der Waals surface area contributed by atoms with Gasteiger partial charge < -0.3 is 10.2 Å². The zero-order chi connectivity index (χ0) is 18.4. The highest BCUT2D eigenvalue weighted by Gasteiger charge is 2.24. The molecule has 136 valence electrons. The van der Waals surface area contributed by atoms with Gasteiger partial charge >= 0.3 is 0 Å². The van der Waals surface area contributed by atoms with Crippen LogP contribution in [0.4, 0.5) is 0 Å². The number of benzene rings is 2. The van der Waals surface area contributed by atoms with Gasteiger partial charge in [0.25, 0.3) is 5.91 Å². The van der Waals surface area contributed by atoms with E-state index in [1.54, 1.807) is 0 Å². The van der Waals surface area contributed by atoms with Crippen LogP contribution in [0, 0.1) is 0 Å². The number of hydrogen-bond acceptors (Lipinski definition) is 2. The van der Waals surface area contributed by atoms with Gasteiger partial charge in [0, 0.05) is 35.6 Å². The highest BCUT2D eigenvalue weighted by atomic mass is 79.9. The van der Waals surface area contributed by atoms with Crippen LogP contribution in [0.2, 0.25) is 0 Å². The standard InChI is InChI=1S/C21H23BrN2O2/c22-18-8-4-7-17(15-18)21(26)23-19-11-13-24(14-12-19)20(25)10-9-16-5-2-1-3-6-16/h1-8,15,19H,9-14H2,(H,23,26). The molecule has 0 radical (unpaired) electrons. The van der Waals surface area contributed by atoms with Gasteiger partial charge in [0.15, 0.2) is 0 Å². The summed E-state index contributed by atoms with van der Waals surface area (Å²) >= 11 is 3.39. The molecule has 1 N–H and O–H groups in total. The Hall–Kier alpha value is -2.14. The number of nitrogens with zero attached hydrogens (tertiary/aromatic N) is 1. The minimum atomic E-state index is -0.0554. The molecule has 0 aromatic heterocycles. The topological polar surface area (TPSA) is 49.4 Å². The maximum atomic E-state index is 12.4. The smallest absolute Gasteiger partial charge is 0.251 e. The predicted octanol–water partition coefficient (Wildman–Crippen LogP) is 3.80. The largest absolute Gasteiger partial charge is 0.349 e. The van der Waals surface area contributed by atoms with Gasteiger partial charge in [-0.3, -0.25) is 9.59 Å². The SMILES string of the molecule is O=C(NC1CCN(C(=O)CCc2ccccc2)CC1)c1cccc(Br)c1. The van der Waals surface area contributed by atoms with E-state index in [0.717, 1.165) is 23.7 Å². The Morgan fingerprint density at radius 3 is 2.46 bits per heavy atom. The number of rotatable bonds is 5. The van der Waals surface area contributed by atoms with E-state index in [1.807, 2.05) is 47.4 Å². The summed E-state index contributed by atoms with van der Waals surface area (Å²) in [6.45, 7) is 1.41. The summed E-state index contributed by atoms with van der Waals surface area (Å²) in [4.78, 5) is 26.6. The van der Waals surface area contributed by atoms with E-state index in [2.05, 4.69) is 33.4 Å². The fraction of sp³-hybridized carbons (Fsp3) is 0.333. The van der Waals surface area contributed by atoms with Crippen molar-refractivity contribution in [1.82, 2.24) is 10.2 Å². The van der Waals surface area contributed by atoms with Gasteiger partial charge in [-0.2, -0.15) is 0 Å². The third kappa shape index (κ3) is 5.18. The zero-order valence-corrected chi connectivity index (χ0v) is 16.2. The Balaban J connectivity index is 1.43. The second-order valence-corrected chi connectivity index (χ2v) is 7.54. The van der Waals surface area contributed by atoms with Crippen molar-refractivity contribution in [1.29, 1.82) is 0 Å². The molecule has 2 aromatic carbocycles. The molecule has 1 fully saturated rings. The molecule has 0 aliphatic carbocycles. The number of aryl methyl sites for hydroxylation is 1. The highest BCUT2D eigenvalue weighted by Crippen LogP contribution is 2.15. The molecule has 0 atom stereocenters. The molecule has 5 heteroatoms. The third-order valence-corrected chi connectivity index (χ3v) is 5.23. The molecule has 0 unspecified atom stereocenters. The molecule has 0 saturated carbocycles. The molecular weight excluding hydrogens is 392 g/mol. The lowest BCUT2D eigenvalue weighted by atomic mass is 10.0. The van der Waals surface area contributed by atoms with Crippen LogP contribution in [0.5, 0.6) is 0 Å². The summed E-state index contributed by atoms with van der Waals surface area (Å²) in [6.07, 6.45) is 2.92. The van der Waals surface area contributed by atoms with Crippen LogP contribution in [0.15, 0.2) is 59.1 Å². The van der Waals surface area contributed by atoms with Gasteiger partial charge in [-0.25, -0.2) is 0 Å². The number of likely N-dealkylation sites (tertiary alicyclic amines) is 1. The van der Waals surface area contributed by atoms with Crippen molar-refractivity contribution in [3.63, 3.8) is 0 Å². The molecule has 26 heavy (non-hydrogen) atoms. The summed E-state index contributed by atoms with van der Waals surface area (Å²) < 4.78 is 0.893. The van der Waals surface area contributed by atoms with Crippen molar-refractivity contribution in [2.45, 2.75) is 31.7 Å². The van der Waals surface area contributed by atoms with E-state index < -0.39 is 0 Å². The highest BCUT2D eigenvalue weighted by molar-refractivity contribution is 9.10. The van der Waals surface area contributed by atoms with E-state index in [9.17, 15) is 9.59 Å². The van der Waals surface area contributed by atoms with Crippen LogP contribution in [0.1, 0.15) is 35.2 Å². The first-order chi connectivity index (χ1) is 12.6. The van der Waals surface area contributed by atoms with E-state index in [0.29, 0.717) is 25.1 Å². The Morgan fingerprint density at radius 2 is 1.77 bits per heavy atom. The molecule has 0 spiro atoms. The number of nitrogens with one attached hydrogen (secondary N) is 1. The molecular formula is C21H23BrN2O2. The summed E-state index contributed by atoms with van der Waals surface area (Å²) in [5, 5.41) is 3.08. The first-order valence-corrected chi connectivity index (χ1v) is 9.79. The van der Waals surface area contributed by atoms with Crippen LogP contribution in [-0.2, 0) is 11.2 Å². The van der Waals surface area contributed by atoms with Gasteiger partial charge in [-0.1, -0.05) is 52.3 Å². The van der Waals surface area contributed by atoms with E-state index in [4.69, 9.17) is 0 Å². The third-order valence-electron chi connectivity index (χ3n) is 4.74. The van der Waals surface area contributed by atoms with Crippen molar-refractivity contribution in [2.24, 2.45) is 0 Å². The van der Waals surface area contributed by atoms with E-state index in [-0.39, 0.29) is 17.9 Å². The maximum absolute atomic E-state index is 12.4. The predicted molar refractivity (Wildman–Crippen MR) is 106 cm³/mol.